The summed E-state index contributed by atoms with van der Waals surface area (Å²) in [5.74, 6) is 1.32. The van der Waals surface area contributed by atoms with Crippen molar-refractivity contribution in [2.45, 2.75) is 26.4 Å². The van der Waals surface area contributed by atoms with Crippen LogP contribution in [0.15, 0.2) is 36.5 Å². The van der Waals surface area contributed by atoms with Crippen molar-refractivity contribution in [1.82, 2.24) is 10.3 Å². The molecule has 1 N–H and O–H groups in total. The van der Waals surface area contributed by atoms with Gasteiger partial charge in [-0.25, -0.2) is 0 Å². The molecular weight excluding hydrogens is 295 g/mol. The SMILES string of the molecule is CC(C)NCc1cc(Oc2cc(Cl)cc(Cl)c2)ccn1. The van der Waals surface area contributed by atoms with Gasteiger partial charge in [0.15, 0.2) is 0 Å². The van der Waals surface area contributed by atoms with Crippen LogP contribution < -0.4 is 10.1 Å². The molecule has 0 amide bonds. The zero-order chi connectivity index (χ0) is 14.5. The highest BCUT2D eigenvalue weighted by Gasteiger charge is 2.03. The largest absolute Gasteiger partial charge is 0.457 e. The van der Waals surface area contributed by atoms with Gasteiger partial charge in [0.2, 0.25) is 0 Å². The van der Waals surface area contributed by atoms with Gasteiger partial charge in [0.1, 0.15) is 11.5 Å². The van der Waals surface area contributed by atoms with Crippen LogP contribution in [0.4, 0.5) is 0 Å². The van der Waals surface area contributed by atoms with Crippen molar-refractivity contribution in [3.8, 4) is 11.5 Å². The van der Waals surface area contributed by atoms with Crippen LogP contribution in [0, 0.1) is 0 Å². The fourth-order valence-corrected chi connectivity index (χ4v) is 2.15. The number of nitrogens with zero attached hydrogens (tertiary/aromatic N) is 1. The van der Waals surface area contributed by atoms with Crippen LogP contribution in [0.5, 0.6) is 11.5 Å². The summed E-state index contributed by atoms with van der Waals surface area (Å²) in [5.41, 5.74) is 0.921. The third kappa shape index (κ3) is 4.67. The van der Waals surface area contributed by atoms with Crippen molar-refractivity contribution in [2.24, 2.45) is 0 Å². The Morgan fingerprint density at radius 3 is 2.45 bits per heavy atom. The molecule has 5 heteroatoms. The van der Waals surface area contributed by atoms with Crippen molar-refractivity contribution in [3.63, 3.8) is 0 Å². The molecule has 1 heterocycles. The minimum absolute atomic E-state index is 0.410. The summed E-state index contributed by atoms with van der Waals surface area (Å²) in [6, 6.07) is 9.21. The lowest BCUT2D eigenvalue weighted by Crippen LogP contribution is -2.22. The summed E-state index contributed by atoms with van der Waals surface area (Å²) < 4.78 is 5.75. The van der Waals surface area contributed by atoms with Crippen molar-refractivity contribution >= 4 is 23.2 Å². The first kappa shape index (κ1) is 15.1. The summed E-state index contributed by atoms with van der Waals surface area (Å²) >= 11 is 11.9. The Labute approximate surface area is 128 Å². The minimum Gasteiger partial charge on any atom is -0.457 e. The number of halogens is 2. The average Bonchev–Trinajstić information content (AvgIpc) is 2.35. The van der Waals surface area contributed by atoms with E-state index in [2.05, 4.69) is 24.1 Å². The smallest absolute Gasteiger partial charge is 0.130 e. The molecule has 2 rings (SSSR count). The van der Waals surface area contributed by atoms with Crippen molar-refractivity contribution in [1.29, 1.82) is 0 Å². The van der Waals surface area contributed by atoms with E-state index in [0.29, 0.717) is 34.1 Å². The van der Waals surface area contributed by atoms with Crippen LogP contribution >= 0.6 is 23.2 Å². The quantitative estimate of drug-likeness (QED) is 0.870. The van der Waals surface area contributed by atoms with E-state index in [0.717, 1.165) is 5.69 Å². The van der Waals surface area contributed by atoms with E-state index < -0.39 is 0 Å². The van der Waals surface area contributed by atoms with Gasteiger partial charge in [0, 0.05) is 34.9 Å². The van der Waals surface area contributed by atoms with Crippen molar-refractivity contribution in [2.75, 3.05) is 0 Å². The summed E-state index contributed by atoms with van der Waals surface area (Å²) in [6.07, 6.45) is 1.72. The number of rotatable bonds is 5. The van der Waals surface area contributed by atoms with Gasteiger partial charge in [0.25, 0.3) is 0 Å². The third-order valence-electron chi connectivity index (χ3n) is 2.55. The molecule has 0 aliphatic heterocycles. The summed E-state index contributed by atoms with van der Waals surface area (Å²) in [6.45, 7) is 4.88. The number of hydrogen-bond donors (Lipinski definition) is 1. The molecule has 20 heavy (non-hydrogen) atoms. The fraction of sp³-hybridized carbons (Fsp3) is 0.267. The monoisotopic (exact) mass is 310 g/mol. The van der Waals surface area contributed by atoms with E-state index in [4.69, 9.17) is 27.9 Å². The first-order valence-corrected chi connectivity index (χ1v) is 7.11. The van der Waals surface area contributed by atoms with E-state index in [9.17, 15) is 0 Å². The van der Waals surface area contributed by atoms with Crippen LogP contribution in [0.1, 0.15) is 19.5 Å². The second-order valence-corrected chi connectivity index (χ2v) is 5.60. The van der Waals surface area contributed by atoms with Gasteiger partial charge < -0.3 is 10.1 Å². The molecule has 0 aliphatic carbocycles. The van der Waals surface area contributed by atoms with Crippen LogP contribution in [-0.4, -0.2) is 11.0 Å². The Balaban J connectivity index is 2.11. The Hall–Kier alpha value is -1.29. The highest BCUT2D eigenvalue weighted by Crippen LogP contribution is 2.28. The average molecular weight is 311 g/mol. The zero-order valence-corrected chi connectivity index (χ0v) is 12.9. The fourth-order valence-electron chi connectivity index (χ4n) is 1.65. The Morgan fingerprint density at radius 1 is 1.10 bits per heavy atom. The van der Waals surface area contributed by atoms with Gasteiger partial charge >= 0.3 is 0 Å². The van der Waals surface area contributed by atoms with Gasteiger partial charge in [-0.15, -0.1) is 0 Å². The molecule has 0 radical (unpaired) electrons. The zero-order valence-electron chi connectivity index (χ0n) is 11.4. The normalized spacial score (nSPS) is 10.8. The van der Waals surface area contributed by atoms with Gasteiger partial charge in [-0.1, -0.05) is 37.0 Å². The van der Waals surface area contributed by atoms with E-state index in [1.807, 2.05) is 6.07 Å². The number of hydrogen-bond acceptors (Lipinski definition) is 3. The maximum Gasteiger partial charge on any atom is 0.130 e. The summed E-state index contributed by atoms with van der Waals surface area (Å²) in [4.78, 5) is 4.29. The molecule has 2 aromatic rings. The molecular formula is C15H16Cl2N2O. The minimum atomic E-state index is 0.410. The summed E-state index contributed by atoms with van der Waals surface area (Å²) in [7, 11) is 0. The first-order valence-electron chi connectivity index (χ1n) is 6.35. The molecule has 0 bridgehead atoms. The van der Waals surface area contributed by atoms with Gasteiger partial charge in [0.05, 0.1) is 5.69 Å². The number of benzene rings is 1. The lowest BCUT2D eigenvalue weighted by atomic mass is 10.3. The van der Waals surface area contributed by atoms with Crippen LogP contribution in [-0.2, 0) is 6.54 Å². The van der Waals surface area contributed by atoms with Gasteiger partial charge in [-0.2, -0.15) is 0 Å². The lowest BCUT2D eigenvalue weighted by molar-refractivity contribution is 0.479. The predicted octanol–water partition coefficient (Wildman–Crippen LogP) is 4.68. The van der Waals surface area contributed by atoms with Crippen molar-refractivity contribution < 1.29 is 4.74 Å². The molecule has 0 aliphatic rings. The molecule has 106 valence electrons. The first-order chi connectivity index (χ1) is 9.52. The topological polar surface area (TPSA) is 34.1 Å². The van der Waals surface area contributed by atoms with Crippen LogP contribution in [0.25, 0.3) is 0 Å². The molecule has 3 nitrogen and oxygen atoms in total. The Kier molecular flexibility index (Phi) is 5.24. The second kappa shape index (κ2) is 6.93. The molecule has 0 atom stereocenters. The third-order valence-corrected chi connectivity index (χ3v) is 2.99. The van der Waals surface area contributed by atoms with Crippen LogP contribution in [0.3, 0.4) is 0 Å². The highest BCUT2D eigenvalue weighted by molar-refractivity contribution is 6.34. The molecule has 1 aromatic carbocycles. The molecule has 1 aromatic heterocycles. The van der Waals surface area contributed by atoms with Crippen LogP contribution in [0.2, 0.25) is 10.0 Å². The van der Waals surface area contributed by atoms with E-state index in [-0.39, 0.29) is 0 Å². The summed E-state index contributed by atoms with van der Waals surface area (Å²) in [5, 5.41) is 4.40. The van der Waals surface area contributed by atoms with E-state index in [1.165, 1.54) is 0 Å². The predicted molar refractivity (Wildman–Crippen MR) is 82.7 cm³/mol. The van der Waals surface area contributed by atoms with Crippen molar-refractivity contribution in [3.05, 3.63) is 52.3 Å². The maximum atomic E-state index is 5.95. The number of nitrogens with one attached hydrogen (secondary N) is 1. The maximum absolute atomic E-state index is 5.95. The molecule has 0 spiro atoms. The van der Waals surface area contributed by atoms with E-state index in [1.54, 1.807) is 30.5 Å². The molecule has 0 fully saturated rings. The molecule has 0 saturated carbocycles. The van der Waals surface area contributed by atoms with Gasteiger partial charge in [-0.05, 0) is 24.3 Å². The number of aromatic nitrogens is 1. The highest BCUT2D eigenvalue weighted by atomic mass is 35.5. The number of ether oxygens (including phenoxy) is 1. The Morgan fingerprint density at radius 2 is 1.80 bits per heavy atom. The van der Waals surface area contributed by atoms with Gasteiger partial charge in [-0.3, -0.25) is 4.98 Å². The lowest BCUT2D eigenvalue weighted by Gasteiger charge is -2.10. The molecule has 0 saturated heterocycles. The Bertz CT molecular complexity index is 568. The standard InChI is InChI=1S/C15H16Cl2N2O/c1-10(2)19-9-13-8-14(3-4-18-13)20-15-6-11(16)5-12(17)7-15/h3-8,10,19H,9H2,1-2H3. The molecule has 0 unspecified atom stereocenters. The number of pyridine rings is 1. The van der Waals surface area contributed by atoms with E-state index >= 15 is 0 Å². The second-order valence-electron chi connectivity index (χ2n) is 4.73.